The molecule has 0 saturated carbocycles. The number of imidazole rings is 1. The van der Waals surface area contributed by atoms with Crippen LogP contribution in [0, 0.1) is 5.82 Å². The number of rotatable bonds is 6. The first-order chi connectivity index (χ1) is 16.2. The minimum absolute atomic E-state index is 0.0342. The Balaban J connectivity index is 1.32. The van der Waals surface area contributed by atoms with E-state index >= 15 is 0 Å². The van der Waals surface area contributed by atoms with E-state index in [-0.39, 0.29) is 42.1 Å². The number of hydrogen-bond donors (Lipinski definition) is 2. The lowest BCUT2D eigenvalue weighted by molar-refractivity contribution is -0.132. The number of halogens is 3. The van der Waals surface area contributed by atoms with Crippen molar-refractivity contribution in [3.05, 3.63) is 73.4 Å². The Labute approximate surface area is 212 Å². The number of nitrogens with one attached hydrogen (secondary N) is 1. The quantitative estimate of drug-likeness (QED) is 0.313. The van der Waals surface area contributed by atoms with Gasteiger partial charge in [-0.1, -0.05) is 0 Å². The lowest BCUT2D eigenvalue weighted by Gasteiger charge is -2.32. The van der Waals surface area contributed by atoms with Crippen LogP contribution in [0.5, 0.6) is 0 Å². The SMILES string of the molecule is Nc1c(Br)cc(C(=O)CCC(=O)N2CCC(n3cc(-c4ccc(F)cc4)[nH]c3=O)CC2)cc1Br. The molecule has 1 saturated heterocycles. The van der Waals surface area contributed by atoms with Gasteiger partial charge in [0.1, 0.15) is 5.82 Å². The smallest absolute Gasteiger partial charge is 0.326 e. The first-order valence-corrected chi connectivity index (χ1v) is 12.4. The standard InChI is InChI=1S/C24H23Br2FN4O3/c25-18-11-15(12-19(26)23(18)28)21(32)5-6-22(33)30-9-7-17(8-10-30)31-13-20(29-24(31)34)14-1-3-16(27)4-2-14/h1-4,11-13,17H,5-10,28H2,(H,29,34). The number of nitrogen functional groups attached to an aromatic ring is 1. The number of aromatic nitrogens is 2. The van der Waals surface area contributed by atoms with E-state index < -0.39 is 0 Å². The second-order valence-corrected chi connectivity index (χ2v) is 9.98. The van der Waals surface area contributed by atoms with Crippen LogP contribution in [0.15, 0.2) is 56.3 Å². The van der Waals surface area contributed by atoms with Crippen LogP contribution in [0.25, 0.3) is 11.3 Å². The Bertz CT molecular complexity index is 1260. The molecule has 1 aliphatic rings. The van der Waals surface area contributed by atoms with Gasteiger partial charge in [0.05, 0.1) is 11.4 Å². The van der Waals surface area contributed by atoms with Crippen molar-refractivity contribution in [2.75, 3.05) is 18.8 Å². The topological polar surface area (TPSA) is 101 Å². The fourth-order valence-electron chi connectivity index (χ4n) is 4.12. The summed E-state index contributed by atoms with van der Waals surface area (Å²) in [6, 6.07) is 9.23. The number of nitrogens with two attached hydrogens (primary N) is 1. The number of anilines is 1. The first-order valence-electron chi connectivity index (χ1n) is 10.9. The van der Waals surface area contributed by atoms with E-state index in [1.165, 1.54) is 12.1 Å². The highest BCUT2D eigenvalue weighted by molar-refractivity contribution is 9.11. The zero-order chi connectivity index (χ0) is 24.4. The average molecular weight is 594 g/mol. The lowest BCUT2D eigenvalue weighted by atomic mass is 10.0. The molecule has 1 aliphatic heterocycles. The number of nitrogens with zero attached hydrogens (tertiary/aromatic N) is 2. The normalized spacial score (nSPS) is 14.4. The fraction of sp³-hybridized carbons (Fsp3) is 0.292. The number of aromatic amines is 1. The summed E-state index contributed by atoms with van der Waals surface area (Å²) in [5.74, 6) is -0.538. The molecular weight excluding hydrogens is 571 g/mol. The van der Waals surface area contributed by atoms with Gasteiger partial charge in [0.15, 0.2) is 5.78 Å². The van der Waals surface area contributed by atoms with Crippen molar-refractivity contribution in [3.8, 4) is 11.3 Å². The molecule has 34 heavy (non-hydrogen) atoms. The van der Waals surface area contributed by atoms with Crippen LogP contribution in [-0.4, -0.2) is 39.2 Å². The molecule has 1 amide bonds. The maximum Gasteiger partial charge on any atom is 0.326 e. The molecule has 7 nitrogen and oxygen atoms in total. The van der Waals surface area contributed by atoms with Crippen molar-refractivity contribution in [1.29, 1.82) is 0 Å². The van der Waals surface area contributed by atoms with Crippen molar-refractivity contribution in [1.82, 2.24) is 14.5 Å². The molecule has 3 N–H and O–H groups in total. The van der Waals surface area contributed by atoms with Crippen LogP contribution in [0.2, 0.25) is 0 Å². The van der Waals surface area contributed by atoms with E-state index in [2.05, 4.69) is 36.8 Å². The van der Waals surface area contributed by atoms with Crippen LogP contribution in [0.3, 0.4) is 0 Å². The number of likely N-dealkylation sites (tertiary alicyclic amines) is 1. The third-order valence-corrected chi connectivity index (χ3v) is 7.39. The van der Waals surface area contributed by atoms with Gasteiger partial charge >= 0.3 is 5.69 Å². The summed E-state index contributed by atoms with van der Waals surface area (Å²) in [5, 5.41) is 0. The predicted octanol–water partition coefficient (Wildman–Crippen LogP) is 4.92. The van der Waals surface area contributed by atoms with Crippen LogP contribution < -0.4 is 11.4 Å². The van der Waals surface area contributed by atoms with Crippen LogP contribution in [0.1, 0.15) is 42.1 Å². The highest BCUT2D eigenvalue weighted by Gasteiger charge is 2.25. The number of hydrogen-bond acceptors (Lipinski definition) is 4. The van der Waals surface area contributed by atoms with E-state index in [4.69, 9.17) is 5.73 Å². The minimum atomic E-state index is -0.335. The Kier molecular flexibility index (Phi) is 7.37. The summed E-state index contributed by atoms with van der Waals surface area (Å²) in [7, 11) is 0. The van der Waals surface area contributed by atoms with Gasteiger partial charge in [0, 0.05) is 52.7 Å². The van der Waals surface area contributed by atoms with Gasteiger partial charge in [0.2, 0.25) is 5.91 Å². The number of H-pyrrole nitrogens is 1. The van der Waals surface area contributed by atoms with Gasteiger partial charge in [-0.3, -0.25) is 14.2 Å². The van der Waals surface area contributed by atoms with Crippen LogP contribution >= 0.6 is 31.9 Å². The van der Waals surface area contributed by atoms with Gasteiger partial charge in [-0.15, -0.1) is 0 Å². The molecule has 1 aromatic heterocycles. The largest absolute Gasteiger partial charge is 0.397 e. The highest BCUT2D eigenvalue weighted by atomic mass is 79.9. The lowest BCUT2D eigenvalue weighted by Crippen LogP contribution is -2.40. The van der Waals surface area contributed by atoms with Gasteiger partial charge in [-0.05, 0) is 86.7 Å². The molecule has 0 spiro atoms. The molecule has 0 unspecified atom stereocenters. The third-order valence-electron chi connectivity index (χ3n) is 6.08. The van der Waals surface area contributed by atoms with E-state index in [1.54, 1.807) is 39.9 Å². The zero-order valence-corrected chi connectivity index (χ0v) is 21.4. The minimum Gasteiger partial charge on any atom is -0.397 e. The molecule has 3 aromatic rings. The Morgan fingerprint density at radius 3 is 2.29 bits per heavy atom. The Morgan fingerprint density at radius 2 is 1.68 bits per heavy atom. The van der Waals surface area contributed by atoms with Gasteiger partial charge in [-0.2, -0.15) is 0 Å². The first kappa shape index (κ1) is 24.4. The number of carbonyl (C=O) groups is 2. The number of piperidine rings is 1. The van der Waals surface area contributed by atoms with Crippen molar-refractivity contribution in [3.63, 3.8) is 0 Å². The number of benzene rings is 2. The zero-order valence-electron chi connectivity index (χ0n) is 18.2. The Hall–Kier alpha value is -2.72. The summed E-state index contributed by atoms with van der Waals surface area (Å²) in [4.78, 5) is 42.3. The number of ketones is 1. The van der Waals surface area contributed by atoms with E-state index in [1.807, 2.05) is 0 Å². The monoisotopic (exact) mass is 592 g/mol. The maximum absolute atomic E-state index is 13.2. The maximum atomic E-state index is 13.2. The summed E-state index contributed by atoms with van der Waals surface area (Å²) < 4.78 is 16.1. The highest BCUT2D eigenvalue weighted by Crippen LogP contribution is 2.30. The predicted molar refractivity (Wildman–Crippen MR) is 135 cm³/mol. The Morgan fingerprint density at radius 1 is 1.06 bits per heavy atom. The molecule has 0 atom stereocenters. The van der Waals surface area contributed by atoms with Crippen LogP contribution in [-0.2, 0) is 4.79 Å². The van der Waals surface area contributed by atoms with E-state index in [9.17, 15) is 18.8 Å². The number of amides is 1. The van der Waals surface area contributed by atoms with Crippen molar-refractivity contribution in [2.45, 2.75) is 31.7 Å². The molecule has 0 aliphatic carbocycles. The molecule has 1 fully saturated rings. The van der Waals surface area contributed by atoms with Crippen LogP contribution in [0.4, 0.5) is 10.1 Å². The second kappa shape index (κ2) is 10.3. The third kappa shape index (κ3) is 5.33. The molecule has 10 heteroatoms. The molecular formula is C24H23Br2FN4O3. The average Bonchev–Trinajstić information content (AvgIpc) is 3.22. The van der Waals surface area contributed by atoms with Crippen molar-refractivity contribution >= 4 is 49.2 Å². The van der Waals surface area contributed by atoms with Gasteiger partial charge in [-0.25, -0.2) is 9.18 Å². The fourth-order valence-corrected chi connectivity index (χ4v) is 5.31. The van der Waals surface area contributed by atoms with Gasteiger partial charge in [0.25, 0.3) is 0 Å². The van der Waals surface area contributed by atoms with Crippen molar-refractivity contribution in [2.24, 2.45) is 0 Å². The molecule has 2 heterocycles. The van der Waals surface area contributed by atoms with E-state index in [0.717, 1.165) is 5.56 Å². The number of carbonyl (C=O) groups excluding carboxylic acids is 2. The summed E-state index contributed by atoms with van der Waals surface area (Å²) in [6.07, 6.45) is 3.26. The molecule has 2 aromatic carbocycles. The molecule has 4 rings (SSSR count). The number of Topliss-reactive ketones (excluding diaryl/α,β-unsaturated/α-hetero) is 1. The van der Waals surface area contributed by atoms with Crippen molar-refractivity contribution < 1.29 is 14.0 Å². The summed E-state index contributed by atoms with van der Waals surface area (Å²) in [6.45, 7) is 1.03. The summed E-state index contributed by atoms with van der Waals surface area (Å²) >= 11 is 6.66. The second-order valence-electron chi connectivity index (χ2n) is 8.28. The van der Waals surface area contributed by atoms with E-state index in [0.29, 0.717) is 51.8 Å². The van der Waals surface area contributed by atoms with Gasteiger partial charge < -0.3 is 15.6 Å². The molecule has 178 valence electrons. The molecule has 0 radical (unpaired) electrons. The summed E-state index contributed by atoms with van der Waals surface area (Å²) in [5.41, 5.74) is 8.00. The molecule has 0 bridgehead atoms.